The minimum absolute atomic E-state index is 0.108. The first kappa shape index (κ1) is 14.7. The molecular formula is C15H24N2O. The van der Waals surface area contributed by atoms with Crippen molar-refractivity contribution in [1.29, 1.82) is 5.41 Å². The van der Waals surface area contributed by atoms with Gasteiger partial charge in [0.15, 0.2) is 0 Å². The number of amidine groups is 1. The molecule has 0 saturated heterocycles. The monoisotopic (exact) mass is 248 g/mol. The van der Waals surface area contributed by atoms with Gasteiger partial charge in [0, 0.05) is 12.2 Å². The zero-order chi connectivity index (χ0) is 13.2. The van der Waals surface area contributed by atoms with Gasteiger partial charge in [-0.2, -0.15) is 0 Å². The SMILES string of the molecule is CCCCCCCOCc1cccc(C(=N)N)c1. The van der Waals surface area contributed by atoms with Crippen molar-refractivity contribution in [3.63, 3.8) is 0 Å². The van der Waals surface area contributed by atoms with Crippen LogP contribution in [0, 0.1) is 5.41 Å². The second-order valence-corrected chi connectivity index (χ2v) is 4.58. The van der Waals surface area contributed by atoms with Crippen molar-refractivity contribution >= 4 is 5.84 Å². The molecular weight excluding hydrogens is 224 g/mol. The second-order valence-electron chi connectivity index (χ2n) is 4.58. The topological polar surface area (TPSA) is 59.1 Å². The maximum Gasteiger partial charge on any atom is 0.122 e. The summed E-state index contributed by atoms with van der Waals surface area (Å²) in [4.78, 5) is 0. The van der Waals surface area contributed by atoms with Crippen molar-refractivity contribution in [3.8, 4) is 0 Å². The van der Waals surface area contributed by atoms with Crippen molar-refractivity contribution < 1.29 is 4.74 Å². The van der Waals surface area contributed by atoms with Crippen LogP contribution in [0.4, 0.5) is 0 Å². The van der Waals surface area contributed by atoms with Crippen LogP contribution < -0.4 is 5.73 Å². The lowest BCUT2D eigenvalue weighted by Crippen LogP contribution is -2.11. The van der Waals surface area contributed by atoms with E-state index in [1.54, 1.807) is 0 Å². The molecule has 100 valence electrons. The van der Waals surface area contributed by atoms with Gasteiger partial charge in [-0.15, -0.1) is 0 Å². The largest absolute Gasteiger partial charge is 0.384 e. The van der Waals surface area contributed by atoms with Gasteiger partial charge in [-0.05, 0) is 18.1 Å². The summed E-state index contributed by atoms with van der Waals surface area (Å²) in [5.74, 6) is 0.108. The maximum absolute atomic E-state index is 7.38. The Bertz CT molecular complexity index is 363. The molecule has 0 atom stereocenters. The highest BCUT2D eigenvalue weighted by Gasteiger charge is 1.98. The quantitative estimate of drug-likeness (QED) is 0.399. The summed E-state index contributed by atoms with van der Waals surface area (Å²) in [6, 6.07) is 7.68. The van der Waals surface area contributed by atoms with Gasteiger partial charge in [0.05, 0.1) is 6.61 Å². The van der Waals surface area contributed by atoms with E-state index in [0.717, 1.165) is 24.2 Å². The minimum atomic E-state index is 0.108. The van der Waals surface area contributed by atoms with Gasteiger partial charge in [-0.25, -0.2) is 0 Å². The van der Waals surface area contributed by atoms with Crippen LogP contribution in [0.2, 0.25) is 0 Å². The average Bonchev–Trinajstić information content (AvgIpc) is 2.38. The van der Waals surface area contributed by atoms with Crippen LogP contribution in [-0.2, 0) is 11.3 Å². The highest BCUT2D eigenvalue weighted by atomic mass is 16.5. The average molecular weight is 248 g/mol. The molecule has 0 aliphatic rings. The van der Waals surface area contributed by atoms with Gasteiger partial charge in [0.25, 0.3) is 0 Å². The highest BCUT2D eigenvalue weighted by Crippen LogP contribution is 2.07. The van der Waals surface area contributed by atoms with E-state index in [-0.39, 0.29) is 5.84 Å². The Labute approximate surface area is 110 Å². The predicted octanol–water partition coefficient (Wildman–Crippen LogP) is 3.46. The Kier molecular flexibility index (Phi) is 7.11. The smallest absolute Gasteiger partial charge is 0.122 e. The van der Waals surface area contributed by atoms with E-state index in [1.165, 1.54) is 25.7 Å². The van der Waals surface area contributed by atoms with Crippen molar-refractivity contribution in [2.75, 3.05) is 6.61 Å². The first-order valence-corrected chi connectivity index (χ1v) is 6.75. The number of hydrogen-bond donors (Lipinski definition) is 2. The number of hydrogen-bond acceptors (Lipinski definition) is 2. The first-order valence-electron chi connectivity index (χ1n) is 6.75. The molecule has 1 rings (SSSR count). The standard InChI is InChI=1S/C15H24N2O/c1-2-3-4-5-6-10-18-12-13-8-7-9-14(11-13)15(16)17/h7-9,11H,2-6,10,12H2,1H3,(H3,16,17). The van der Waals surface area contributed by atoms with Gasteiger partial charge < -0.3 is 10.5 Å². The van der Waals surface area contributed by atoms with Crippen LogP contribution in [0.25, 0.3) is 0 Å². The van der Waals surface area contributed by atoms with E-state index >= 15 is 0 Å². The van der Waals surface area contributed by atoms with Gasteiger partial charge >= 0.3 is 0 Å². The van der Waals surface area contributed by atoms with E-state index in [9.17, 15) is 0 Å². The molecule has 0 bridgehead atoms. The van der Waals surface area contributed by atoms with Crippen LogP contribution in [0.5, 0.6) is 0 Å². The van der Waals surface area contributed by atoms with Gasteiger partial charge in [0.2, 0.25) is 0 Å². The summed E-state index contributed by atoms with van der Waals surface area (Å²) in [5, 5.41) is 7.38. The Morgan fingerprint density at radius 3 is 2.72 bits per heavy atom. The first-order chi connectivity index (χ1) is 8.74. The summed E-state index contributed by atoms with van der Waals surface area (Å²) in [6.07, 6.45) is 6.28. The predicted molar refractivity (Wildman–Crippen MR) is 75.9 cm³/mol. The molecule has 0 spiro atoms. The van der Waals surface area contributed by atoms with Crippen LogP contribution in [0.3, 0.4) is 0 Å². The van der Waals surface area contributed by atoms with E-state index in [1.807, 2.05) is 24.3 Å². The number of nitrogens with two attached hydrogens (primary N) is 1. The Morgan fingerprint density at radius 2 is 2.00 bits per heavy atom. The van der Waals surface area contributed by atoms with Crippen molar-refractivity contribution in [2.24, 2.45) is 5.73 Å². The molecule has 0 aromatic heterocycles. The van der Waals surface area contributed by atoms with E-state index < -0.39 is 0 Å². The fourth-order valence-electron chi connectivity index (χ4n) is 1.83. The molecule has 0 aliphatic heterocycles. The number of ether oxygens (including phenoxy) is 1. The Morgan fingerprint density at radius 1 is 1.22 bits per heavy atom. The molecule has 0 heterocycles. The van der Waals surface area contributed by atoms with Crippen molar-refractivity contribution in [3.05, 3.63) is 35.4 Å². The number of nitrogens with one attached hydrogen (secondary N) is 1. The number of unbranched alkanes of at least 4 members (excludes halogenated alkanes) is 4. The van der Waals surface area contributed by atoms with Crippen molar-refractivity contribution in [1.82, 2.24) is 0 Å². The number of nitrogen functional groups attached to an aromatic ring is 1. The molecule has 3 heteroatoms. The summed E-state index contributed by atoms with van der Waals surface area (Å²) in [5.41, 5.74) is 7.29. The van der Waals surface area contributed by atoms with Crippen LogP contribution in [-0.4, -0.2) is 12.4 Å². The van der Waals surface area contributed by atoms with E-state index in [4.69, 9.17) is 15.9 Å². The second kappa shape index (κ2) is 8.70. The Hall–Kier alpha value is -1.35. The highest BCUT2D eigenvalue weighted by molar-refractivity contribution is 5.95. The van der Waals surface area contributed by atoms with Gasteiger partial charge in [0.1, 0.15) is 5.84 Å². The third-order valence-electron chi connectivity index (χ3n) is 2.90. The summed E-state index contributed by atoms with van der Waals surface area (Å²) in [7, 11) is 0. The lowest BCUT2D eigenvalue weighted by Gasteiger charge is -2.06. The van der Waals surface area contributed by atoms with Crippen LogP contribution in [0.15, 0.2) is 24.3 Å². The van der Waals surface area contributed by atoms with E-state index in [0.29, 0.717) is 6.61 Å². The van der Waals surface area contributed by atoms with Gasteiger partial charge in [-0.1, -0.05) is 50.8 Å². The fraction of sp³-hybridized carbons (Fsp3) is 0.533. The van der Waals surface area contributed by atoms with Crippen LogP contribution >= 0.6 is 0 Å². The fourth-order valence-corrected chi connectivity index (χ4v) is 1.83. The normalized spacial score (nSPS) is 10.5. The lowest BCUT2D eigenvalue weighted by molar-refractivity contribution is 0.116. The number of benzene rings is 1. The Balaban J connectivity index is 2.19. The molecule has 1 aromatic rings. The van der Waals surface area contributed by atoms with Crippen LogP contribution in [0.1, 0.15) is 50.2 Å². The molecule has 0 aliphatic carbocycles. The molecule has 0 amide bonds. The number of rotatable bonds is 9. The molecule has 1 aromatic carbocycles. The molecule has 0 fully saturated rings. The maximum atomic E-state index is 7.38. The molecule has 0 saturated carbocycles. The zero-order valence-electron chi connectivity index (χ0n) is 11.2. The summed E-state index contributed by atoms with van der Waals surface area (Å²) in [6.45, 7) is 3.64. The van der Waals surface area contributed by atoms with E-state index in [2.05, 4.69) is 6.92 Å². The third-order valence-corrected chi connectivity index (χ3v) is 2.90. The molecule has 0 unspecified atom stereocenters. The molecule has 3 N–H and O–H groups in total. The molecule has 0 radical (unpaired) electrons. The van der Waals surface area contributed by atoms with Crippen molar-refractivity contribution in [2.45, 2.75) is 45.6 Å². The zero-order valence-corrected chi connectivity index (χ0v) is 11.2. The summed E-state index contributed by atoms with van der Waals surface area (Å²) >= 11 is 0. The summed E-state index contributed by atoms with van der Waals surface area (Å²) < 4.78 is 5.62. The molecule has 18 heavy (non-hydrogen) atoms. The third kappa shape index (κ3) is 5.82. The lowest BCUT2D eigenvalue weighted by atomic mass is 10.1. The minimum Gasteiger partial charge on any atom is -0.384 e. The molecule has 3 nitrogen and oxygen atoms in total. The van der Waals surface area contributed by atoms with Gasteiger partial charge in [-0.3, -0.25) is 5.41 Å².